The number of rotatable bonds is 2. The Balaban J connectivity index is 2.00. The van der Waals surface area contributed by atoms with Gasteiger partial charge >= 0.3 is 0 Å². The minimum absolute atomic E-state index is 0.405. The van der Waals surface area contributed by atoms with Crippen LogP contribution in [0.2, 0.25) is 0 Å². The van der Waals surface area contributed by atoms with E-state index in [1.54, 1.807) is 0 Å². The Morgan fingerprint density at radius 3 is 2.50 bits per heavy atom. The molecule has 1 amide bonds. The van der Waals surface area contributed by atoms with Crippen LogP contribution in [0.25, 0.3) is 0 Å². The molecular weight excluding hydrogens is 78.0 g/mol. The van der Waals surface area contributed by atoms with Gasteiger partial charge in [-0.1, -0.05) is 0 Å². The number of carbonyl (C=O) groups is 1. The van der Waals surface area contributed by atoms with Gasteiger partial charge in [-0.05, 0) is 12.8 Å². The van der Waals surface area contributed by atoms with Gasteiger partial charge in [-0.3, -0.25) is 10.1 Å². The Labute approximate surface area is 36.5 Å². The first kappa shape index (κ1) is 3.65. The summed E-state index contributed by atoms with van der Waals surface area (Å²) in [6, 6.07) is 0.405. The van der Waals surface area contributed by atoms with Crippen molar-refractivity contribution in [2.45, 2.75) is 18.9 Å². The molecule has 0 heterocycles. The Bertz CT molecular complexity index is 58.6. The van der Waals surface area contributed by atoms with Gasteiger partial charge in [-0.25, -0.2) is 0 Å². The lowest BCUT2D eigenvalue weighted by Gasteiger charge is -1.77. The normalized spacial score (nSPS) is 20.0. The third kappa shape index (κ3) is 0.708. The molecular formula is C4H6NO. The summed E-state index contributed by atoms with van der Waals surface area (Å²) >= 11 is 0. The van der Waals surface area contributed by atoms with Crippen molar-refractivity contribution in [1.82, 2.24) is 5.32 Å². The molecule has 0 aromatic carbocycles. The molecule has 0 atom stereocenters. The summed E-state index contributed by atoms with van der Waals surface area (Å²) in [6.45, 7) is 0. The van der Waals surface area contributed by atoms with Crippen molar-refractivity contribution in [2.75, 3.05) is 0 Å². The fraction of sp³-hybridized carbons (Fsp3) is 0.750. The molecule has 0 N–H and O–H groups in total. The van der Waals surface area contributed by atoms with E-state index in [-0.39, 0.29) is 0 Å². The van der Waals surface area contributed by atoms with Crippen molar-refractivity contribution in [1.29, 1.82) is 0 Å². The van der Waals surface area contributed by atoms with Crippen LogP contribution in [0, 0.1) is 0 Å². The van der Waals surface area contributed by atoms with E-state index in [1.807, 2.05) is 0 Å². The maximum Gasteiger partial charge on any atom is 0.228 e. The van der Waals surface area contributed by atoms with Crippen molar-refractivity contribution < 1.29 is 4.79 Å². The first-order valence-electron chi connectivity index (χ1n) is 2.07. The Morgan fingerprint density at radius 1 is 1.67 bits per heavy atom. The summed E-state index contributed by atoms with van der Waals surface area (Å²) in [5.41, 5.74) is 0. The third-order valence-corrected chi connectivity index (χ3v) is 0.819. The number of hydrogen-bond donors (Lipinski definition) is 0. The van der Waals surface area contributed by atoms with Crippen LogP contribution < -0.4 is 5.32 Å². The molecule has 1 aliphatic rings. The summed E-state index contributed by atoms with van der Waals surface area (Å²) in [5.74, 6) is 0. The lowest BCUT2D eigenvalue weighted by molar-refractivity contribution is -0.109. The summed E-state index contributed by atoms with van der Waals surface area (Å²) < 4.78 is 0. The van der Waals surface area contributed by atoms with Gasteiger partial charge in [0.1, 0.15) is 0 Å². The molecule has 1 fully saturated rings. The van der Waals surface area contributed by atoms with Gasteiger partial charge in [0.2, 0.25) is 6.41 Å². The highest BCUT2D eigenvalue weighted by Gasteiger charge is 2.21. The lowest BCUT2D eigenvalue weighted by Crippen LogP contribution is -2.01. The van der Waals surface area contributed by atoms with Crippen molar-refractivity contribution in [3.63, 3.8) is 0 Å². The van der Waals surface area contributed by atoms with E-state index in [2.05, 4.69) is 5.32 Å². The molecule has 2 nitrogen and oxygen atoms in total. The van der Waals surface area contributed by atoms with Crippen LogP contribution in [0.5, 0.6) is 0 Å². The molecule has 0 bridgehead atoms. The number of hydrogen-bond acceptors (Lipinski definition) is 1. The Morgan fingerprint density at radius 2 is 2.33 bits per heavy atom. The highest BCUT2D eigenvalue weighted by Crippen LogP contribution is 2.18. The molecule has 1 rings (SSSR count). The minimum Gasteiger partial charge on any atom is -0.277 e. The lowest BCUT2D eigenvalue weighted by atomic mass is 10.7. The topological polar surface area (TPSA) is 31.2 Å². The molecule has 33 valence electrons. The highest BCUT2D eigenvalue weighted by molar-refractivity contribution is 5.46. The monoisotopic (exact) mass is 84.0 g/mol. The molecule has 0 aromatic rings. The van der Waals surface area contributed by atoms with Gasteiger partial charge in [0.25, 0.3) is 0 Å². The molecule has 0 saturated heterocycles. The molecule has 6 heavy (non-hydrogen) atoms. The largest absolute Gasteiger partial charge is 0.277 e. The zero-order valence-electron chi connectivity index (χ0n) is 3.42. The summed E-state index contributed by atoms with van der Waals surface area (Å²) in [4.78, 5) is 9.49. The molecule has 1 saturated carbocycles. The van der Waals surface area contributed by atoms with E-state index < -0.39 is 0 Å². The van der Waals surface area contributed by atoms with Crippen LogP contribution in [0.4, 0.5) is 0 Å². The van der Waals surface area contributed by atoms with Crippen molar-refractivity contribution in [3.8, 4) is 0 Å². The van der Waals surface area contributed by atoms with Crippen molar-refractivity contribution in [2.24, 2.45) is 0 Å². The first-order chi connectivity index (χ1) is 2.93. The maximum atomic E-state index is 9.49. The van der Waals surface area contributed by atoms with E-state index >= 15 is 0 Å². The molecule has 0 spiro atoms. The Hall–Kier alpha value is -0.530. The number of amides is 1. The van der Waals surface area contributed by atoms with Gasteiger partial charge in [0, 0.05) is 0 Å². The smallest absolute Gasteiger partial charge is 0.228 e. The van der Waals surface area contributed by atoms with Gasteiger partial charge in [0.15, 0.2) is 0 Å². The fourth-order valence-electron chi connectivity index (χ4n) is 0.310. The van der Waals surface area contributed by atoms with Gasteiger partial charge < -0.3 is 0 Å². The van der Waals surface area contributed by atoms with Gasteiger partial charge in [-0.15, -0.1) is 0 Å². The van der Waals surface area contributed by atoms with Crippen LogP contribution in [0.1, 0.15) is 12.8 Å². The van der Waals surface area contributed by atoms with Crippen LogP contribution in [-0.2, 0) is 4.79 Å². The van der Waals surface area contributed by atoms with Gasteiger partial charge in [0.05, 0.1) is 6.04 Å². The average Bonchev–Trinajstić information content (AvgIpc) is 2.21. The molecule has 0 aromatic heterocycles. The first-order valence-corrected chi connectivity index (χ1v) is 2.07. The maximum absolute atomic E-state index is 9.49. The minimum atomic E-state index is 0.405. The molecule has 0 aliphatic heterocycles. The van der Waals surface area contributed by atoms with E-state index in [4.69, 9.17) is 0 Å². The van der Waals surface area contributed by atoms with E-state index in [0.29, 0.717) is 12.5 Å². The third-order valence-electron chi connectivity index (χ3n) is 0.819. The van der Waals surface area contributed by atoms with Crippen LogP contribution >= 0.6 is 0 Å². The van der Waals surface area contributed by atoms with E-state index in [0.717, 1.165) is 12.8 Å². The molecule has 1 aliphatic carbocycles. The second-order valence-corrected chi connectivity index (χ2v) is 1.49. The Kier molecular flexibility index (Phi) is 0.783. The summed E-state index contributed by atoms with van der Waals surface area (Å²) in [7, 11) is 0. The van der Waals surface area contributed by atoms with Crippen LogP contribution in [0.15, 0.2) is 0 Å². The zero-order chi connectivity index (χ0) is 4.41. The molecule has 1 radical (unpaired) electrons. The standard InChI is InChI=1S/C4H6NO/c6-3-5-4-1-2-4/h3-4H,1-2H2. The predicted molar refractivity (Wildman–Crippen MR) is 21.2 cm³/mol. The quantitative estimate of drug-likeness (QED) is 0.430. The van der Waals surface area contributed by atoms with E-state index in [1.165, 1.54) is 0 Å². The molecule has 0 unspecified atom stereocenters. The van der Waals surface area contributed by atoms with Crippen molar-refractivity contribution >= 4 is 6.41 Å². The van der Waals surface area contributed by atoms with Crippen LogP contribution in [0.3, 0.4) is 0 Å². The van der Waals surface area contributed by atoms with Crippen LogP contribution in [-0.4, -0.2) is 12.5 Å². The molecule has 2 heteroatoms. The van der Waals surface area contributed by atoms with Gasteiger partial charge in [-0.2, -0.15) is 0 Å². The zero-order valence-corrected chi connectivity index (χ0v) is 3.42. The fourth-order valence-corrected chi connectivity index (χ4v) is 0.310. The predicted octanol–water partition coefficient (Wildman–Crippen LogP) is -0.0904. The number of nitrogens with zero attached hydrogens (tertiary/aromatic N) is 1. The summed E-state index contributed by atoms with van der Waals surface area (Å²) in [6.07, 6.45) is 2.88. The van der Waals surface area contributed by atoms with Crippen molar-refractivity contribution in [3.05, 3.63) is 0 Å². The SMILES string of the molecule is O=C[N]C1CC1. The average molecular weight is 84.1 g/mol. The highest BCUT2D eigenvalue weighted by atomic mass is 16.1. The summed E-state index contributed by atoms with van der Waals surface area (Å²) in [5, 5.41) is 3.56. The van der Waals surface area contributed by atoms with E-state index in [9.17, 15) is 4.79 Å². The number of carbonyl (C=O) groups excluding carboxylic acids is 1. The second kappa shape index (κ2) is 1.29. The second-order valence-electron chi connectivity index (χ2n) is 1.49.